The van der Waals surface area contributed by atoms with Crippen LogP contribution in [0.2, 0.25) is 0 Å². The number of nitrogens with one attached hydrogen (secondary N) is 1. The summed E-state index contributed by atoms with van der Waals surface area (Å²) in [5.74, 6) is -0.463. The van der Waals surface area contributed by atoms with Crippen LogP contribution < -0.4 is 5.32 Å². The summed E-state index contributed by atoms with van der Waals surface area (Å²) in [6, 6.07) is 10.1. The number of rotatable bonds is 6. The maximum Gasteiger partial charge on any atom is 0.314 e. The Labute approximate surface area is 120 Å². The number of carbonyl (C=O) groups excluding carboxylic acids is 1. The molecule has 4 nitrogen and oxygen atoms in total. The molecule has 0 amide bonds. The lowest BCUT2D eigenvalue weighted by molar-refractivity contribution is -0.142. The number of hydrogen-bond donors (Lipinski definition) is 1. The summed E-state index contributed by atoms with van der Waals surface area (Å²) in [7, 11) is 3.19. The average molecular weight is 277 g/mol. The minimum Gasteiger partial charge on any atom is -0.469 e. The van der Waals surface area contributed by atoms with Gasteiger partial charge in [-0.2, -0.15) is 0 Å². The second-order valence-corrected chi connectivity index (χ2v) is 5.21. The standard InChI is InChI=1S/C16H23NO3/c1-19-15-10-6-9-14(15)17-11-13(16(18)20-2)12-7-4-3-5-8-12/h3-5,7-8,13-15,17H,6,9-11H2,1-2H3. The maximum atomic E-state index is 12.0. The molecule has 0 aromatic heterocycles. The van der Waals surface area contributed by atoms with Gasteiger partial charge in [-0.05, 0) is 24.8 Å². The van der Waals surface area contributed by atoms with Crippen molar-refractivity contribution in [3.63, 3.8) is 0 Å². The molecular formula is C16H23NO3. The van der Waals surface area contributed by atoms with Crippen molar-refractivity contribution in [3.05, 3.63) is 35.9 Å². The van der Waals surface area contributed by atoms with Crippen molar-refractivity contribution in [2.45, 2.75) is 37.3 Å². The lowest BCUT2D eigenvalue weighted by Crippen LogP contribution is -2.40. The number of hydrogen-bond acceptors (Lipinski definition) is 4. The fourth-order valence-electron chi connectivity index (χ4n) is 2.88. The lowest BCUT2D eigenvalue weighted by atomic mass is 9.98. The van der Waals surface area contributed by atoms with Crippen LogP contribution >= 0.6 is 0 Å². The Balaban J connectivity index is 2.00. The van der Waals surface area contributed by atoms with Gasteiger partial charge in [-0.1, -0.05) is 30.3 Å². The van der Waals surface area contributed by atoms with Crippen molar-refractivity contribution in [1.82, 2.24) is 5.32 Å². The number of esters is 1. The third-order valence-corrected chi connectivity index (χ3v) is 4.03. The van der Waals surface area contributed by atoms with Gasteiger partial charge in [0.15, 0.2) is 0 Å². The van der Waals surface area contributed by atoms with Crippen LogP contribution in [0.25, 0.3) is 0 Å². The van der Waals surface area contributed by atoms with E-state index in [1.54, 1.807) is 7.11 Å². The third kappa shape index (κ3) is 3.58. The van der Waals surface area contributed by atoms with Crippen molar-refractivity contribution >= 4 is 5.97 Å². The zero-order valence-corrected chi connectivity index (χ0v) is 12.2. The molecule has 3 atom stereocenters. The molecule has 1 N–H and O–H groups in total. The molecule has 0 heterocycles. The van der Waals surface area contributed by atoms with E-state index in [0.29, 0.717) is 12.6 Å². The van der Waals surface area contributed by atoms with Crippen molar-refractivity contribution in [1.29, 1.82) is 0 Å². The Bertz CT molecular complexity index is 421. The molecule has 4 heteroatoms. The molecule has 1 aromatic rings. The van der Waals surface area contributed by atoms with Gasteiger partial charge < -0.3 is 14.8 Å². The van der Waals surface area contributed by atoms with Gasteiger partial charge in [0.05, 0.1) is 19.1 Å². The summed E-state index contributed by atoms with van der Waals surface area (Å²) in [4.78, 5) is 12.0. The van der Waals surface area contributed by atoms with Gasteiger partial charge in [0.1, 0.15) is 0 Å². The molecule has 20 heavy (non-hydrogen) atoms. The highest BCUT2D eigenvalue weighted by Crippen LogP contribution is 2.23. The molecule has 0 aliphatic heterocycles. The highest BCUT2D eigenvalue weighted by molar-refractivity contribution is 5.78. The van der Waals surface area contributed by atoms with E-state index in [1.165, 1.54) is 13.5 Å². The summed E-state index contributed by atoms with van der Waals surface area (Å²) in [5.41, 5.74) is 0.985. The lowest BCUT2D eigenvalue weighted by Gasteiger charge is -2.23. The largest absolute Gasteiger partial charge is 0.469 e. The minimum absolute atomic E-state index is 0.198. The number of carbonyl (C=O) groups is 1. The SMILES string of the molecule is COC(=O)C(CNC1CCCC1OC)c1ccccc1. The number of benzene rings is 1. The van der Waals surface area contributed by atoms with Crippen LogP contribution in [0.4, 0.5) is 0 Å². The van der Waals surface area contributed by atoms with Crippen LogP contribution in [0, 0.1) is 0 Å². The first-order valence-corrected chi connectivity index (χ1v) is 7.15. The van der Waals surface area contributed by atoms with E-state index >= 15 is 0 Å². The van der Waals surface area contributed by atoms with Gasteiger partial charge in [-0.25, -0.2) is 0 Å². The monoisotopic (exact) mass is 277 g/mol. The first-order chi connectivity index (χ1) is 9.76. The Kier molecular flexibility index (Phi) is 5.56. The quantitative estimate of drug-likeness (QED) is 0.809. The molecule has 1 aliphatic rings. The van der Waals surface area contributed by atoms with E-state index in [0.717, 1.165) is 18.4 Å². The Morgan fingerprint density at radius 3 is 2.70 bits per heavy atom. The predicted molar refractivity (Wildman–Crippen MR) is 77.6 cm³/mol. The summed E-state index contributed by atoms with van der Waals surface area (Å²) in [6.07, 6.45) is 3.61. The minimum atomic E-state index is -0.265. The first kappa shape index (κ1) is 15.0. The number of ether oxygens (including phenoxy) is 2. The predicted octanol–water partition coefficient (Wildman–Crippen LogP) is 2.10. The molecule has 0 saturated heterocycles. The van der Waals surface area contributed by atoms with Crippen LogP contribution in [0.15, 0.2) is 30.3 Å². The molecule has 0 bridgehead atoms. The molecule has 1 aromatic carbocycles. The fraction of sp³-hybridized carbons (Fsp3) is 0.562. The average Bonchev–Trinajstić information content (AvgIpc) is 2.95. The van der Waals surface area contributed by atoms with Crippen molar-refractivity contribution in [2.24, 2.45) is 0 Å². The Morgan fingerprint density at radius 2 is 2.05 bits per heavy atom. The van der Waals surface area contributed by atoms with Crippen LogP contribution in [0.5, 0.6) is 0 Å². The molecule has 3 unspecified atom stereocenters. The molecular weight excluding hydrogens is 254 g/mol. The zero-order chi connectivity index (χ0) is 14.4. The van der Waals surface area contributed by atoms with E-state index in [9.17, 15) is 4.79 Å². The summed E-state index contributed by atoms with van der Waals surface area (Å²) >= 11 is 0. The van der Waals surface area contributed by atoms with E-state index in [1.807, 2.05) is 30.3 Å². The molecule has 1 saturated carbocycles. The van der Waals surface area contributed by atoms with Gasteiger partial charge in [-0.15, -0.1) is 0 Å². The van der Waals surface area contributed by atoms with Gasteiger partial charge in [-0.3, -0.25) is 4.79 Å². The van der Waals surface area contributed by atoms with Gasteiger partial charge in [0.25, 0.3) is 0 Å². The van der Waals surface area contributed by atoms with E-state index in [2.05, 4.69) is 5.32 Å². The van der Waals surface area contributed by atoms with E-state index in [4.69, 9.17) is 9.47 Å². The molecule has 1 fully saturated rings. The highest BCUT2D eigenvalue weighted by Gasteiger charge is 2.29. The molecule has 0 radical (unpaired) electrons. The number of methoxy groups -OCH3 is 2. The van der Waals surface area contributed by atoms with Crippen molar-refractivity contribution in [3.8, 4) is 0 Å². The Hall–Kier alpha value is -1.39. The highest BCUT2D eigenvalue weighted by atomic mass is 16.5. The molecule has 110 valence electrons. The second-order valence-electron chi connectivity index (χ2n) is 5.21. The van der Waals surface area contributed by atoms with Crippen LogP contribution in [0.3, 0.4) is 0 Å². The second kappa shape index (κ2) is 7.41. The molecule has 2 rings (SSSR count). The van der Waals surface area contributed by atoms with Gasteiger partial charge in [0, 0.05) is 19.7 Å². The van der Waals surface area contributed by atoms with Crippen LogP contribution in [-0.2, 0) is 14.3 Å². The van der Waals surface area contributed by atoms with Crippen molar-refractivity contribution < 1.29 is 14.3 Å². The van der Waals surface area contributed by atoms with Crippen LogP contribution in [0.1, 0.15) is 30.7 Å². The summed E-state index contributed by atoms with van der Waals surface area (Å²) < 4.78 is 10.4. The van der Waals surface area contributed by atoms with Gasteiger partial charge >= 0.3 is 5.97 Å². The third-order valence-electron chi connectivity index (χ3n) is 4.03. The topological polar surface area (TPSA) is 47.6 Å². The van der Waals surface area contributed by atoms with E-state index < -0.39 is 0 Å². The molecule has 1 aliphatic carbocycles. The maximum absolute atomic E-state index is 12.0. The smallest absolute Gasteiger partial charge is 0.314 e. The summed E-state index contributed by atoms with van der Waals surface area (Å²) in [5, 5.41) is 3.47. The first-order valence-electron chi connectivity index (χ1n) is 7.15. The van der Waals surface area contributed by atoms with E-state index in [-0.39, 0.29) is 18.0 Å². The molecule has 0 spiro atoms. The zero-order valence-electron chi connectivity index (χ0n) is 12.2. The van der Waals surface area contributed by atoms with Gasteiger partial charge in [0.2, 0.25) is 0 Å². The van der Waals surface area contributed by atoms with Crippen molar-refractivity contribution in [2.75, 3.05) is 20.8 Å². The van der Waals surface area contributed by atoms with Crippen LogP contribution in [-0.4, -0.2) is 38.9 Å². The Morgan fingerprint density at radius 1 is 1.30 bits per heavy atom. The normalized spacial score (nSPS) is 23.5. The fourth-order valence-corrected chi connectivity index (χ4v) is 2.88. The summed E-state index contributed by atoms with van der Waals surface area (Å²) in [6.45, 7) is 0.585.